The molecule has 0 fully saturated rings. The number of fused-ring (bicyclic) bond motifs is 1. The molecule has 0 saturated heterocycles. The van der Waals surface area contributed by atoms with Gasteiger partial charge in [-0.2, -0.15) is 0 Å². The van der Waals surface area contributed by atoms with E-state index in [0.29, 0.717) is 12.5 Å². The van der Waals surface area contributed by atoms with Crippen molar-refractivity contribution in [3.8, 4) is 0 Å². The highest BCUT2D eigenvalue weighted by Gasteiger charge is 2.14. The Balaban J connectivity index is 1.93. The molecule has 2 rings (SSSR count). The lowest BCUT2D eigenvalue weighted by atomic mass is 10.1. The Labute approximate surface area is 108 Å². The molecule has 1 aliphatic carbocycles. The Morgan fingerprint density at radius 3 is 2.94 bits per heavy atom. The minimum absolute atomic E-state index is 0.00510. The Bertz CT molecular complexity index is 429. The van der Waals surface area contributed by atoms with Gasteiger partial charge in [0.15, 0.2) is 0 Å². The van der Waals surface area contributed by atoms with Crippen LogP contribution in [0.1, 0.15) is 41.3 Å². The Hall–Kier alpha value is -1.35. The van der Waals surface area contributed by atoms with Crippen LogP contribution in [-0.2, 0) is 12.8 Å². The number of benzene rings is 1. The zero-order valence-corrected chi connectivity index (χ0v) is 10.9. The summed E-state index contributed by atoms with van der Waals surface area (Å²) in [5, 5.41) is 11.7. The van der Waals surface area contributed by atoms with E-state index in [1.807, 2.05) is 19.1 Å². The van der Waals surface area contributed by atoms with Gasteiger partial charge in [-0.1, -0.05) is 13.0 Å². The Morgan fingerprint density at radius 1 is 1.39 bits per heavy atom. The third kappa shape index (κ3) is 3.10. The summed E-state index contributed by atoms with van der Waals surface area (Å²) in [7, 11) is 0. The first-order valence-corrected chi connectivity index (χ1v) is 6.71. The summed E-state index contributed by atoms with van der Waals surface area (Å²) in [4.78, 5) is 12.0. The van der Waals surface area contributed by atoms with Gasteiger partial charge in [0, 0.05) is 18.7 Å². The third-order valence-electron chi connectivity index (χ3n) is 3.59. The summed E-state index contributed by atoms with van der Waals surface area (Å²) in [6.45, 7) is 2.82. The molecule has 0 spiro atoms. The lowest BCUT2D eigenvalue weighted by molar-refractivity contribution is 0.0945. The fourth-order valence-electron chi connectivity index (χ4n) is 2.40. The van der Waals surface area contributed by atoms with E-state index >= 15 is 0 Å². The molecule has 1 atom stereocenters. The van der Waals surface area contributed by atoms with E-state index in [0.717, 1.165) is 24.8 Å². The van der Waals surface area contributed by atoms with Gasteiger partial charge in [-0.25, -0.2) is 0 Å². The molecule has 1 unspecified atom stereocenters. The number of rotatable bonds is 5. The van der Waals surface area contributed by atoms with E-state index in [9.17, 15) is 4.79 Å². The highest BCUT2D eigenvalue weighted by molar-refractivity contribution is 5.94. The first-order valence-electron chi connectivity index (χ1n) is 6.71. The van der Waals surface area contributed by atoms with Crippen LogP contribution in [-0.4, -0.2) is 24.2 Å². The van der Waals surface area contributed by atoms with E-state index in [1.54, 1.807) is 0 Å². The van der Waals surface area contributed by atoms with Crippen molar-refractivity contribution in [3.05, 3.63) is 34.9 Å². The van der Waals surface area contributed by atoms with Crippen LogP contribution in [0.15, 0.2) is 18.2 Å². The van der Waals surface area contributed by atoms with Gasteiger partial charge >= 0.3 is 0 Å². The molecule has 1 aliphatic rings. The van der Waals surface area contributed by atoms with E-state index < -0.39 is 0 Å². The fraction of sp³-hybridized carbons (Fsp3) is 0.533. The average Bonchev–Trinajstić information content (AvgIpc) is 2.83. The van der Waals surface area contributed by atoms with Gasteiger partial charge in [-0.15, -0.1) is 0 Å². The van der Waals surface area contributed by atoms with Crippen LogP contribution in [0.3, 0.4) is 0 Å². The largest absolute Gasteiger partial charge is 0.396 e. The predicted molar refractivity (Wildman–Crippen MR) is 71.7 cm³/mol. The number of aliphatic hydroxyl groups excluding tert-OH is 1. The molecule has 2 N–H and O–H groups in total. The maximum atomic E-state index is 12.0. The molecule has 0 aromatic heterocycles. The fourth-order valence-corrected chi connectivity index (χ4v) is 2.40. The molecular formula is C15H21NO2. The smallest absolute Gasteiger partial charge is 0.251 e. The van der Waals surface area contributed by atoms with Crippen LogP contribution in [0.4, 0.5) is 0 Å². The molecule has 1 aromatic carbocycles. The van der Waals surface area contributed by atoms with Crippen molar-refractivity contribution >= 4 is 5.91 Å². The highest BCUT2D eigenvalue weighted by Crippen LogP contribution is 2.22. The molecule has 1 aromatic rings. The molecule has 3 nitrogen and oxygen atoms in total. The first kappa shape index (κ1) is 13.1. The minimum Gasteiger partial charge on any atom is -0.396 e. The quantitative estimate of drug-likeness (QED) is 0.835. The van der Waals surface area contributed by atoms with Crippen molar-refractivity contribution in [1.82, 2.24) is 5.32 Å². The van der Waals surface area contributed by atoms with E-state index in [-0.39, 0.29) is 12.5 Å². The number of hydrogen-bond acceptors (Lipinski definition) is 2. The van der Waals surface area contributed by atoms with E-state index in [4.69, 9.17) is 5.11 Å². The summed E-state index contributed by atoms with van der Waals surface area (Å²) < 4.78 is 0. The van der Waals surface area contributed by atoms with Crippen molar-refractivity contribution in [3.63, 3.8) is 0 Å². The summed E-state index contributed by atoms with van der Waals surface area (Å²) >= 11 is 0. The zero-order valence-electron chi connectivity index (χ0n) is 10.9. The number of aryl methyl sites for hydroxylation is 2. The topological polar surface area (TPSA) is 49.3 Å². The molecule has 18 heavy (non-hydrogen) atoms. The average molecular weight is 247 g/mol. The molecule has 0 bridgehead atoms. The second-order valence-electron chi connectivity index (χ2n) is 5.16. The predicted octanol–water partition coefficient (Wildman–Crippen LogP) is 1.92. The number of hydrogen-bond donors (Lipinski definition) is 2. The Morgan fingerprint density at radius 2 is 2.17 bits per heavy atom. The molecule has 98 valence electrons. The SMILES string of the molecule is CC(CCO)CNC(=O)c1ccc2c(c1)CCC2. The molecule has 0 heterocycles. The normalized spacial score (nSPS) is 15.2. The number of nitrogens with one attached hydrogen (secondary N) is 1. The molecule has 1 amide bonds. The summed E-state index contributed by atoms with van der Waals surface area (Å²) in [6, 6.07) is 6.01. The van der Waals surface area contributed by atoms with Crippen molar-refractivity contribution in [2.24, 2.45) is 5.92 Å². The van der Waals surface area contributed by atoms with Crippen LogP contribution in [0.5, 0.6) is 0 Å². The standard InChI is InChI=1S/C15H21NO2/c1-11(7-8-17)10-16-15(18)14-6-5-12-3-2-4-13(12)9-14/h5-6,9,11,17H,2-4,7-8,10H2,1H3,(H,16,18). The van der Waals surface area contributed by atoms with Gasteiger partial charge < -0.3 is 10.4 Å². The molecule has 0 saturated carbocycles. The van der Waals surface area contributed by atoms with Gasteiger partial charge in [-0.05, 0) is 54.9 Å². The van der Waals surface area contributed by atoms with Crippen LogP contribution in [0, 0.1) is 5.92 Å². The van der Waals surface area contributed by atoms with E-state index in [2.05, 4.69) is 11.4 Å². The van der Waals surface area contributed by atoms with Gasteiger partial charge in [-0.3, -0.25) is 4.79 Å². The molecule has 0 aliphatic heterocycles. The van der Waals surface area contributed by atoms with Gasteiger partial charge in [0.05, 0.1) is 0 Å². The number of carbonyl (C=O) groups excluding carboxylic acids is 1. The third-order valence-corrected chi connectivity index (χ3v) is 3.59. The van der Waals surface area contributed by atoms with Crippen molar-refractivity contribution < 1.29 is 9.90 Å². The van der Waals surface area contributed by atoms with Crippen LogP contribution < -0.4 is 5.32 Å². The zero-order chi connectivity index (χ0) is 13.0. The lowest BCUT2D eigenvalue weighted by Gasteiger charge is -2.11. The van der Waals surface area contributed by atoms with Crippen LogP contribution in [0.2, 0.25) is 0 Å². The summed E-state index contributed by atoms with van der Waals surface area (Å²) in [5.41, 5.74) is 3.47. The van der Waals surface area contributed by atoms with Crippen molar-refractivity contribution in [1.29, 1.82) is 0 Å². The first-order chi connectivity index (χ1) is 8.70. The molecular weight excluding hydrogens is 226 g/mol. The number of amides is 1. The monoisotopic (exact) mass is 247 g/mol. The summed E-state index contributed by atoms with van der Waals surface area (Å²) in [6.07, 6.45) is 4.17. The lowest BCUT2D eigenvalue weighted by Crippen LogP contribution is -2.28. The van der Waals surface area contributed by atoms with Crippen molar-refractivity contribution in [2.45, 2.75) is 32.6 Å². The molecule has 0 radical (unpaired) electrons. The highest BCUT2D eigenvalue weighted by atomic mass is 16.3. The van der Waals surface area contributed by atoms with Crippen LogP contribution in [0.25, 0.3) is 0 Å². The number of aliphatic hydroxyl groups is 1. The van der Waals surface area contributed by atoms with E-state index in [1.165, 1.54) is 17.5 Å². The number of carbonyl (C=O) groups is 1. The molecule has 3 heteroatoms. The van der Waals surface area contributed by atoms with Gasteiger partial charge in [0.25, 0.3) is 5.91 Å². The summed E-state index contributed by atoms with van der Waals surface area (Å²) in [5.74, 6) is 0.308. The maximum Gasteiger partial charge on any atom is 0.251 e. The maximum absolute atomic E-state index is 12.0. The second-order valence-corrected chi connectivity index (χ2v) is 5.16. The van der Waals surface area contributed by atoms with Crippen molar-refractivity contribution in [2.75, 3.05) is 13.2 Å². The van der Waals surface area contributed by atoms with Crippen LogP contribution >= 0.6 is 0 Å². The minimum atomic E-state index is -0.00510. The Kier molecular flexibility index (Phi) is 4.37. The van der Waals surface area contributed by atoms with Gasteiger partial charge in [0.2, 0.25) is 0 Å². The second kappa shape index (κ2) is 6.01. The van der Waals surface area contributed by atoms with Gasteiger partial charge in [0.1, 0.15) is 0 Å².